The van der Waals surface area contributed by atoms with E-state index >= 15 is 0 Å². The van der Waals surface area contributed by atoms with Gasteiger partial charge in [0.25, 0.3) is 0 Å². The molecule has 0 aliphatic carbocycles. The Balaban J connectivity index is 1.86. The van der Waals surface area contributed by atoms with Crippen LogP contribution in [0.1, 0.15) is 38.4 Å². The van der Waals surface area contributed by atoms with Crippen LogP contribution < -0.4 is 5.32 Å². The monoisotopic (exact) mass is 384 g/mol. The highest BCUT2D eigenvalue weighted by Gasteiger charge is 2.22. The summed E-state index contributed by atoms with van der Waals surface area (Å²) in [5, 5.41) is 12.9. The Kier molecular flexibility index (Phi) is 5.90. The number of nitrogens with zero attached hydrogens (tertiary/aromatic N) is 1. The highest BCUT2D eigenvalue weighted by atomic mass is 19.1. The van der Waals surface area contributed by atoms with Crippen molar-refractivity contribution < 1.29 is 18.7 Å². The van der Waals surface area contributed by atoms with Gasteiger partial charge in [-0.05, 0) is 37.6 Å². The van der Waals surface area contributed by atoms with Gasteiger partial charge in [0, 0.05) is 35.6 Å². The van der Waals surface area contributed by atoms with Gasteiger partial charge in [-0.2, -0.15) is 0 Å². The lowest BCUT2D eigenvalue weighted by molar-refractivity contribution is 0.0694. The van der Waals surface area contributed by atoms with Gasteiger partial charge >= 0.3 is 5.97 Å². The standard InChI is InChI=1S/C22H22F2N2O2/c1-14-19(12-25-11-16-6-5-8-18(23)10-16)21(22(27)28)15(2)26(14)13-17-7-3-4-9-20(17)24/h3-10,25H,11-13H2,1-2H3,(H,27,28). The summed E-state index contributed by atoms with van der Waals surface area (Å²) in [5.74, 6) is -1.65. The summed E-state index contributed by atoms with van der Waals surface area (Å²) < 4.78 is 29.2. The molecule has 0 fully saturated rings. The van der Waals surface area contributed by atoms with Gasteiger partial charge in [0.2, 0.25) is 0 Å². The zero-order chi connectivity index (χ0) is 20.3. The van der Waals surface area contributed by atoms with E-state index in [0.717, 1.165) is 11.3 Å². The molecule has 0 bridgehead atoms. The molecular formula is C22H22F2N2O2. The molecule has 0 atom stereocenters. The van der Waals surface area contributed by atoms with E-state index in [-0.39, 0.29) is 23.7 Å². The minimum absolute atomic E-state index is 0.223. The minimum atomic E-state index is -1.02. The number of carboxylic acids is 1. The normalized spacial score (nSPS) is 11.0. The second kappa shape index (κ2) is 8.35. The quantitative estimate of drug-likeness (QED) is 0.634. The third-order valence-electron chi connectivity index (χ3n) is 4.93. The lowest BCUT2D eigenvalue weighted by atomic mass is 10.1. The van der Waals surface area contributed by atoms with Crippen molar-refractivity contribution in [2.24, 2.45) is 0 Å². The summed E-state index contributed by atoms with van der Waals surface area (Å²) in [4.78, 5) is 11.8. The molecule has 28 heavy (non-hydrogen) atoms. The molecule has 0 saturated carbocycles. The number of carboxylic acid groups (broad SMARTS) is 1. The molecule has 6 heteroatoms. The molecule has 0 amide bonds. The van der Waals surface area contributed by atoms with Crippen LogP contribution in [0.4, 0.5) is 8.78 Å². The van der Waals surface area contributed by atoms with E-state index in [4.69, 9.17) is 0 Å². The van der Waals surface area contributed by atoms with Crippen molar-refractivity contribution in [3.8, 4) is 0 Å². The van der Waals surface area contributed by atoms with Crippen molar-refractivity contribution in [2.45, 2.75) is 33.5 Å². The molecule has 1 heterocycles. The van der Waals surface area contributed by atoms with E-state index in [9.17, 15) is 18.7 Å². The predicted octanol–water partition coefficient (Wildman–Crippen LogP) is 4.42. The van der Waals surface area contributed by atoms with Gasteiger partial charge in [0.1, 0.15) is 11.6 Å². The average Bonchev–Trinajstić information content (AvgIpc) is 2.88. The molecule has 2 aromatic carbocycles. The van der Waals surface area contributed by atoms with Crippen molar-refractivity contribution in [3.63, 3.8) is 0 Å². The van der Waals surface area contributed by atoms with Crippen LogP contribution in [0.25, 0.3) is 0 Å². The van der Waals surface area contributed by atoms with E-state index in [2.05, 4.69) is 5.32 Å². The summed E-state index contributed by atoms with van der Waals surface area (Å²) in [7, 11) is 0. The zero-order valence-electron chi connectivity index (χ0n) is 15.8. The SMILES string of the molecule is Cc1c(CNCc2cccc(F)c2)c(C(=O)O)c(C)n1Cc1ccccc1F. The topological polar surface area (TPSA) is 54.3 Å². The first kappa shape index (κ1) is 19.8. The lowest BCUT2D eigenvalue weighted by Crippen LogP contribution is -2.15. The van der Waals surface area contributed by atoms with Gasteiger partial charge in [-0.25, -0.2) is 13.6 Å². The first-order valence-electron chi connectivity index (χ1n) is 8.99. The summed E-state index contributed by atoms with van der Waals surface area (Å²) in [6.45, 7) is 4.55. The van der Waals surface area contributed by atoms with E-state index in [0.29, 0.717) is 29.9 Å². The number of nitrogens with one attached hydrogen (secondary N) is 1. The van der Waals surface area contributed by atoms with Crippen LogP contribution in [-0.4, -0.2) is 15.6 Å². The molecule has 0 aliphatic rings. The lowest BCUT2D eigenvalue weighted by Gasteiger charge is -2.11. The van der Waals surface area contributed by atoms with Crippen LogP contribution in [0.5, 0.6) is 0 Å². The number of benzene rings is 2. The van der Waals surface area contributed by atoms with Crippen molar-refractivity contribution in [1.29, 1.82) is 0 Å². The second-order valence-corrected chi connectivity index (χ2v) is 6.74. The molecule has 3 aromatic rings. The number of hydrogen-bond acceptors (Lipinski definition) is 2. The fourth-order valence-electron chi connectivity index (χ4n) is 3.46. The van der Waals surface area contributed by atoms with Crippen LogP contribution in [0.2, 0.25) is 0 Å². The number of aromatic nitrogens is 1. The van der Waals surface area contributed by atoms with Crippen LogP contribution in [0.15, 0.2) is 48.5 Å². The molecule has 146 valence electrons. The maximum atomic E-state index is 14.1. The first-order valence-corrected chi connectivity index (χ1v) is 8.99. The highest BCUT2D eigenvalue weighted by molar-refractivity contribution is 5.91. The van der Waals surface area contributed by atoms with Crippen molar-refractivity contribution in [3.05, 3.63) is 93.8 Å². The van der Waals surface area contributed by atoms with Crippen molar-refractivity contribution in [2.75, 3.05) is 0 Å². The summed E-state index contributed by atoms with van der Waals surface area (Å²) in [6.07, 6.45) is 0. The molecule has 0 saturated heterocycles. The fourth-order valence-corrected chi connectivity index (χ4v) is 3.46. The molecule has 0 aliphatic heterocycles. The van der Waals surface area contributed by atoms with Crippen LogP contribution in [0, 0.1) is 25.5 Å². The first-order chi connectivity index (χ1) is 13.4. The van der Waals surface area contributed by atoms with Gasteiger partial charge in [-0.15, -0.1) is 0 Å². The Morgan fingerprint density at radius 2 is 1.79 bits per heavy atom. The second-order valence-electron chi connectivity index (χ2n) is 6.74. The number of hydrogen-bond donors (Lipinski definition) is 2. The Hall–Kier alpha value is -2.99. The maximum Gasteiger partial charge on any atom is 0.337 e. The van der Waals surface area contributed by atoms with Crippen LogP contribution >= 0.6 is 0 Å². The zero-order valence-corrected chi connectivity index (χ0v) is 15.8. The largest absolute Gasteiger partial charge is 0.478 e. The van der Waals surface area contributed by atoms with Crippen LogP contribution in [-0.2, 0) is 19.6 Å². The van der Waals surface area contributed by atoms with Gasteiger partial charge < -0.3 is 15.0 Å². The molecule has 2 N–H and O–H groups in total. The number of aromatic carboxylic acids is 1. The molecule has 0 spiro atoms. The molecular weight excluding hydrogens is 362 g/mol. The molecule has 4 nitrogen and oxygen atoms in total. The highest BCUT2D eigenvalue weighted by Crippen LogP contribution is 2.24. The summed E-state index contributed by atoms with van der Waals surface area (Å²) >= 11 is 0. The number of halogens is 2. The van der Waals surface area contributed by atoms with Gasteiger partial charge in [0.05, 0.1) is 12.1 Å². The van der Waals surface area contributed by atoms with E-state index < -0.39 is 5.97 Å². The fraction of sp³-hybridized carbons (Fsp3) is 0.227. The van der Waals surface area contributed by atoms with Gasteiger partial charge in [-0.1, -0.05) is 30.3 Å². The maximum absolute atomic E-state index is 14.1. The predicted molar refractivity (Wildman–Crippen MR) is 103 cm³/mol. The van der Waals surface area contributed by atoms with Crippen LogP contribution in [0.3, 0.4) is 0 Å². The Labute approximate surface area is 162 Å². The average molecular weight is 384 g/mol. The third-order valence-corrected chi connectivity index (χ3v) is 4.93. The molecule has 1 aromatic heterocycles. The van der Waals surface area contributed by atoms with E-state index in [1.807, 2.05) is 11.5 Å². The van der Waals surface area contributed by atoms with Crippen molar-refractivity contribution >= 4 is 5.97 Å². The summed E-state index contributed by atoms with van der Waals surface area (Å²) in [6, 6.07) is 12.7. The van der Waals surface area contributed by atoms with E-state index in [1.165, 1.54) is 18.2 Å². The number of rotatable bonds is 7. The van der Waals surface area contributed by atoms with Gasteiger partial charge in [0.15, 0.2) is 0 Å². The smallest absolute Gasteiger partial charge is 0.337 e. The minimum Gasteiger partial charge on any atom is -0.478 e. The molecule has 0 unspecified atom stereocenters. The summed E-state index contributed by atoms with van der Waals surface area (Å²) in [5.41, 5.74) is 3.50. The van der Waals surface area contributed by atoms with E-state index in [1.54, 1.807) is 37.3 Å². The number of carbonyl (C=O) groups is 1. The molecule has 3 rings (SSSR count). The Morgan fingerprint density at radius 1 is 1.04 bits per heavy atom. The Morgan fingerprint density at radius 3 is 2.46 bits per heavy atom. The Bertz CT molecular complexity index is 1010. The third kappa shape index (κ3) is 4.12. The molecule has 0 radical (unpaired) electrons. The van der Waals surface area contributed by atoms with Crippen molar-refractivity contribution in [1.82, 2.24) is 9.88 Å². The van der Waals surface area contributed by atoms with Gasteiger partial charge in [-0.3, -0.25) is 0 Å².